The molecule has 0 spiro atoms. The Labute approximate surface area is 148 Å². The highest BCUT2D eigenvalue weighted by Crippen LogP contribution is 2.61. The zero-order chi connectivity index (χ0) is 17.3. The maximum absolute atomic E-state index is 13.1. The number of carbonyl (C=O) groups excluding carboxylic acids is 2. The van der Waals surface area contributed by atoms with Crippen LogP contribution in [0.1, 0.15) is 57.8 Å². The van der Waals surface area contributed by atoms with Crippen molar-refractivity contribution in [1.82, 2.24) is 0 Å². The maximum Gasteiger partial charge on any atom is 0.306 e. The first-order chi connectivity index (χ1) is 12.1. The number of carboxylic acids is 1. The fourth-order valence-electron chi connectivity index (χ4n) is 7.70. The molecule has 0 aromatic carbocycles. The lowest BCUT2D eigenvalue weighted by Crippen LogP contribution is -2.35. The Morgan fingerprint density at radius 2 is 1.24 bits per heavy atom. The Morgan fingerprint density at radius 3 is 1.92 bits per heavy atom. The Hall–Kier alpha value is -1.19. The maximum atomic E-state index is 13.1. The zero-order valence-electron chi connectivity index (χ0n) is 14.7. The molecule has 0 aromatic rings. The zero-order valence-corrected chi connectivity index (χ0v) is 14.7. The second kappa shape index (κ2) is 5.65. The molecule has 9 unspecified atom stereocenters. The molecular formula is C21H28O4. The SMILES string of the molecule is O=C(O)C1CCC2C(C1)C(=O)C1CC3C(CC12)C(=O)C1CCCCC13. The van der Waals surface area contributed by atoms with E-state index in [0.717, 1.165) is 25.7 Å². The first kappa shape index (κ1) is 16.0. The molecule has 9 atom stereocenters. The Kier molecular flexibility index (Phi) is 3.62. The molecule has 5 rings (SSSR count). The second-order valence-corrected chi connectivity index (χ2v) is 9.49. The van der Waals surface area contributed by atoms with Gasteiger partial charge in [0.05, 0.1) is 5.92 Å². The minimum Gasteiger partial charge on any atom is -0.481 e. The van der Waals surface area contributed by atoms with Gasteiger partial charge in [-0.05, 0) is 68.6 Å². The normalized spacial score (nSPS) is 51.4. The molecule has 0 heterocycles. The van der Waals surface area contributed by atoms with Gasteiger partial charge < -0.3 is 5.11 Å². The van der Waals surface area contributed by atoms with Crippen LogP contribution in [0.15, 0.2) is 0 Å². The van der Waals surface area contributed by atoms with Crippen LogP contribution >= 0.6 is 0 Å². The van der Waals surface area contributed by atoms with Crippen molar-refractivity contribution in [2.24, 2.45) is 53.3 Å². The third kappa shape index (κ3) is 2.21. The summed E-state index contributed by atoms with van der Waals surface area (Å²) >= 11 is 0. The molecule has 0 amide bonds. The first-order valence-electron chi connectivity index (χ1n) is 10.4. The van der Waals surface area contributed by atoms with E-state index in [-0.39, 0.29) is 29.6 Å². The average molecular weight is 344 g/mol. The number of carbonyl (C=O) groups is 3. The van der Waals surface area contributed by atoms with Gasteiger partial charge in [-0.3, -0.25) is 14.4 Å². The molecule has 5 fully saturated rings. The quantitative estimate of drug-likeness (QED) is 0.792. The summed E-state index contributed by atoms with van der Waals surface area (Å²) in [7, 11) is 0. The van der Waals surface area contributed by atoms with Gasteiger partial charge >= 0.3 is 5.97 Å². The standard InChI is InChI=1S/C21H28O4/c22-19-13-4-2-1-3-11(13)14-8-18-15(9-17(14)19)12-6-5-10(21(24)25)7-16(12)20(18)23/h10-18H,1-9H2,(H,24,25). The topological polar surface area (TPSA) is 71.4 Å². The van der Waals surface area contributed by atoms with Gasteiger partial charge in [0.25, 0.3) is 0 Å². The van der Waals surface area contributed by atoms with E-state index >= 15 is 0 Å². The van der Waals surface area contributed by atoms with Crippen LogP contribution < -0.4 is 0 Å². The Bertz CT molecular complexity index is 625. The molecule has 25 heavy (non-hydrogen) atoms. The summed E-state index contributed by atoms with van der Waals surface area (Å²) < 4.78 is 0. The van der Waals surface area contributed by atoms with Crippen molar-refractivity contribution in [1.29, 1.82) is 0 Å². The smallest absolute Gasteiger partial charge is 0.306 e. The number of ketones is 2. The van der Waals surface area contributed by atoms with Gasteiger partial charge in [0.2, 0.25) is 0 Å². The fourth-order valence-corrected chi connectivity index (χ4v) is 7.70. The summed E-state index contributed by atoms with van der Waals surface area (Å²) in [5.41, 5.74) is 0. The van der Waals surface area contributed by atoms with E-state index in [2.05, 4.69) is 0 Å². The van der Waals surface area contributed by atoms with Gasteiger partial charge in [0.15, 0.2) is 0 Å². The van der Waals surface area contributed by atoms with Gasteiger partial charge in [-0.15, -0.1) is 0 Å². The lowest BCUT2D eigenvalue weighted by molar-refractivity contribution is -0.144. The van der Waals surface area contributed by atoms with Crippen LogP contribution in [0.4, 0.5) is 0 Å². The molecule has 0 aromatic heterocycles. The first-order valence-corrected chi connectivity index (χ1v) is 10.4. The van der Waals surface area contributed by atoms with Crippen molar-refractivity contribution >= 4 is 17.5 Å². The van der Waals surface area contributed by atoms with Gasteiger partial charge in [-0.2, -0.15) is 0 Å². The average Bonchev–Trinajstić information content (AvgIpc) is 3.07. The number of fused-ring (bicyclic) bond motifs is 6. The monoisotopic (exact) mass is 344 g/mol. The van der Waals surface area contributed by atoms with Crippen LogP contribution in [-0.4, -0.2) is 22.6 Å². The van der Waals surface area contributed by atoms with E-state index in [1.165, 1.54) is 19.3 Å². The summed E-state index contributed by atoms with van der Waals surface area (Å²) in [6, 6.07) is 0. The highest BCUT2D eigenvalue weighted by atomic mass is 16.4. The molecule has 5 aliphatic rings. The number of Topliss-reactive ketones (excluding diaryl/α,β-unsaturated/α-hetero) is 2. The highest BCUT2D eigenvalue weighted by Gasteiger charge is 2.60. The largest absolute Gasteiger partial charge is 0.481 e. The van der Waals surface area contributed by atoms with Gasteiger partial charge in [-0.1, -0.05) is 12.8 Å². The lowest BCUT2D eigenvalue weighted by Gasteiger charge is -2.39. The molecule has 0 aliphatic heterocycles. The summed E-state index contributed by atoms with van der Waals surface area (Å²) in [6.07, 6.45) is 8.65. The van der Waals surface area contributed by atoms with Crippen LogP contribution in [0, 0.1) is 53.3 Å². The molecule has 0 bridgehead atoms. The molecule has 4 nitrogen and oxygen atoms in total. The minimum atomic E-state index is -0.738. The van der Waals surface area contributed by atoms with E-state index in [0.29, 0.717) is 48.1 Å². The summed E-state index contributed by atoms with van der Waals surface area (Å²) in [5, 5.41) is 9.34. The van der Waals surface area contributed by atoms with Gasteiger partial charge in [0, 0.05) is 23.7 Å². The predicted octanol–water partition coefficient (Wildman–Crippen LogP) is 3.33. The van der Waals surface area contributed by atoms with Crippen LogP contribution in [0.5, 0.6) is 0 Å². The van der Waals surface area contributed by atoms with Crippen LogP contribution in [-0.2, 0) is 14.4 Å². The van der Waals surface area contributed by atoms with Crippen molar-refractivity contribution in [3.05, 3.63) is 0 Å². The van der Waals surface area contributed by atoms with E-state index in [1.807, 2.05) is 0 Å². The Morgan fingerprint density at radius 1 is 0.680 bits per heavy atom. The molecule has 5 aliphatic carbocycles. The number of hydrogen-bond acceptors (Lipinski definition) is 3. The predicted molar refractivity (Wildman–Crippen MR) is 90.6 cm³/mol. The summed E-state index contributed by atoms with van der Waals surface area (Å²) in [4.78, 5) is 37.4. The molecule has 0 saturated heterocycles. The Balaban J connectivity index is 1.40. The van der Waals surface area contributed by atoms with Crippen LogP contribution in [0.2, 0.25) is 0 Å². The lowest BCUT2D eigenvalue weighted by atomic mass is 9.64. The van der Waals surface area contributed by atoms with Crippen molar-refractivity contribution in [2.45, 2.75) is 57.8 Å². The number of hydrogen-bond donors (Lipinski definition) is 1. The number of aliphatic carboxylic acids is 1. The van der Waals surface area contributed by atoms with Crippen molar-refractivity contribution in [3.63, 3.8) is 0 Å². The number of carboxylic acid groups (broad SMARTS) is 1. The van der Waals surface area contributed by atoms with Crippen LogP contribution in [0.3, 0.4) is 0 Å². The summed E-state index contributed by atoms with van der Waals surface area (Å²) in [6.45, 7) is 0. The number of rotatable bonds is 1. The van der Waals surface area contributed by atoms with Gasteiger partial charge in [0.1, 0.15) is 11.6 Å². The van der Waals surface area contributed by atoms with E-state index in [4.69, 9.17) is 0 Å². The molecule has 0 radical (unpaired) electrons. The third-order valence-electron chi connectivity index (χ3n) is 8.72. The van der Waals surface area contributed by atoms with E-state index in [9.17, 15) is 19.5 Å². The molecule has 1 N–H and O–H groups in total. The second-order valence-electron chi connectivity index (χ2n) is 9.49. The fraction of sp³-hybridized carbons (Fsp3) is 0.857. The van der Waals surface area contributed by atoms with Crippen molar-refractivity contribution in [2.75, 3.05) is 0 Å². The molecule has 5 saturated carbocycles. The highest BCUT2D eigenvalue weighted by molar-refractivity contribution is 5.90. The summed E-state index contributed by atoms with van der Waals surface area (Å²) in [5.74, 6) is 2.06. The molecular weight excluding hydrogens is 316 g/mol. The molecule has 4 heteroatoms. The molecule has 136 valence electrons. The third-order valence-corrected chi connectivity index (χ3v) is 8.72. The van der Waals surface area contributed by atoms with Crippen LogP contribution in [0.25, 0.3) is 0 Å². The minimum absolute atomic E-state index is 0.0408. The van der Waals surface area contributed by atoms with Gasteiger partial charge in [-0.25, -0.2) is 0 Å². The van der Waals surface area contributed by atoms with E-state index < -0.39 is 5.97 Å². The van der Waals surface area contributed by atoms with Crippen molar-refractivity contribution in [3.8, 4) is 0 Å². The van der Waals surface area contributed by atoms with Crippen molar-refractivity contribution < 1.29 is 19.5 Å². The van der Waals surface area contributed by atoms with E-state index in [1.54, 1.807) is 0 Å².